The third-order valence-corrected chi connectivity index (χ3v) is 2.08. The van der Waals surface area contributed by atoms with Gasteiger partial charge in [-0.05, 0) is 18.6 Å². The Hall–Kier alpha value is -1.45. The van der Waals surface area contributed by atoms with Crippen LogP contribution in [0.1, 0.15) is 18.0 Å². The van der Waals surface area contributed by atoms with Gasteiger partial charge in [0, 0.05) is 12.1 Å². The molecular formula is C8H8N2O2. The monoisotopic (exact) mass is 164 g/mol. The van der Waals surface area contributed by atoms with Gasteiger partial charge in [0.1, 0.15) is 0 Å². The molecule has 0 amide bonds. The topological polar surface area (TPSA) is 63.1 Å². The Morgan fingerprint density at radius 1 is 1.67 bits per heavy atom. The van der Waals surface area contributed by atoms with Crippen molar-refractivity contribution in [2.45, 2.75) is 12.3 Å². The summed E-state index contributed by atoms with van der Waals surface area (Å²) in [5.41, 5.74) is 0.796. The lowest BCUT2D eigenvalue weighted by Crippen LogP contribution is -2.00. The van der Waals surface area contributed by atoms with Crippen LogP contribution in [-0.4, -0.2) is 21.3 Å². The van der Waals surface area contributed by atoms with Gasteiger partial charge >= 0.3 is 5.97 Å². The van der Waals surface area contributed by atoms with Crippen molar-refractivity contribution in [1.29, 1.82) is 0 Å². The lowest BCUT2D eigenvalue weighted by molar-refractivity contribution is -0.138. The fraction of sp³-hybridized carbons (Fsp3) is 0.375. The van der Waals surface area contributed by atoms with Crippen molar-refractivity contribution in [2.24, 2.45) is 5.92 Å². The standard InChI is InChI=1S/C8H8N2O2/c11-8(12)6-4-5(6)7-2-1-3-9-10-7/h1-3,5-6H,4H2,(H,11,12)/t5-,6-/m1/s1. The van der Waals surface area contributed by atoms with Crippen molar-refractivity contribution in [1.82, 2.24) is 10.2 Å². The quantitative estimate of drug-likeness (QED) is 0.697. The number of carboxylic acids is 1. The molecule has 1 aliphatic rings. The number of rotatable bonds is 2. The van der Waals surface area contributed by atoms with Gasteiger partial charge in [-0.3, -0.25) is 4.79 Å². The van der Waals surface area contributed by atoms with E-state index in [2.05, 4.69) is 10.2 Å². The molecule has 0 radical (unpaired) electrons. The fourth-order valence-electron chi connectivity index (χ4n) is 1.31. The van der Waals surface area contributed by atoms with Crippen molar-refractivity contribution in [3.8, 4) is 0 Å². The molecule has 2 atom stereocenters. The van der Waals surface area contributed by atoms with Gasteiger partial charge in [0.05, 0.1) is 11.6 Å². The van der Waals surface area contributed by atoms with E-state index >= 15 is 0 Å². The van der Waals surface area contributed by atoms with Crippen molar-refractivity contribution in [3.63, 3.8) is 0 Å². The normalized spacial score (nSPS) is 26.7. The summed E-state index contributed by atoms with van der Waals surface area (Å²) in [5, 5.41) is 16.2. The third kappa shape index (κ3) is 1.15. The van der Waals surface area contributed by atoms with Crippen molar-refractivity contribution >= 4 is 5.97 Å². The third-order valence-electron chi connectivity index (χ3n) is 2.08. The molecule has 1 saturated carbocycles. The summed E-state index contributed by atoms with van der Waals surface area (Å²) in [6.07, 6.45) is 2.29. The average molecular weight is 164 g/mol. The van der Waals surface area contributed by atoms with Crippen LogP contribution in [-0.2, 0) is 4.79 Å². The number of carbonyl (C=O) groups is 1. The molecule has 0 bridgehead atoms. The van der Waals surface area contributed by atoms with Crippen LogP contribution in [0.2, 0.25) is 0 Å². The van der Waals surface area contributed by atoms with E-state index in [4.69, 9.17) is 5.11 Å². The van der Waals surface area contributed by atoms with E-state index in [-0.39, 0.29) is 11.8 Å². The van der Waals surface area contributed by atoms with E-state index < -0.39 is 5.97 Å². The summed E-state index contributed by atoms with van der Waals surface area (Å²) >= 11 is 0. The second-order valence-corrected chi connectivity index (χ2v) is 2.94. The lowest BCUT2D eigenvalue weighted by Gasteiger charge is -1.93. The Balaban J connectivity index is 2.11. The number of aliphatic carboxylic acids is 1. The second kappa shape index (κ2) is 2.55. The van der Waals surface area contributed by atoms with Gasteiger partial charge in [-0.1, -0.05) is 0 Å². The maximum Gasteiger partial charge on any atom is 0.307 e. The van der Waals surface area contributed by atoms with Crippen molar-refractivity contribution in [3.05, 3.63) is 24.0 Å². The van der Waals surface area contributed by atoms with E-state index in [0.717, 1.165) is 5.69 Å². The van der Waals surface area contributed by atoms with Crippen LogP contribution in [0.3, 0.4) is 0 Å². The van der Waals surface area contributed by atoms with E-state index in [0.29, 0.717) is 6.42 Å². The highest BCUT2D eigenvalue weighted by Gasteiger charge is 2.45. The zero-order valence-corrected chi connectivity index (χ0v) is 6.34. The van der Waals surface area contributed by atoms with Gasteiger partial charge in [0.2, 0.25) is 0 Å². The van der Waals surface area contributed by atoms with Crippen LogP contribution in [0.15, 0.2) is 18.3 Å². The minimum atomic E-state index is -0.731. The Labute approximate surface area is 69.2 Å². The van der Waals surface area contributed by atoms with Crippen LogP contribution in [0.25, 0.3) is 0 Å². The highest BCUT2D eigenvalue weighted by Crippen LogP contribution is 2.46. The molecule has 1 aromatic rings. The van der Waals surface area contributed by atoms with E-state index in [1.807, 2.05) is 6.07 Å². The zero-order valence-electron chi connectivity index (χ0n) is 6.34. The van der Waals surface area contributed by atoms with Gasteiger partial charge in [-0.15, -0.1) is 0 Å². The summed E-state index contributed by atoms with van der Waals surface area (Å²) < 4.78 is 0. The predicted octanol–water partition coefficient (Wildman–Crippen LogP) is 0.665. The first-order valence-corrected chi connectivity index (χ1v) is 3.79. The average Bonchev–Trinajstić information content (AvgIpc) is 2.84. The summed E-state index contributed by atoms with van der Waals surface area (Å²) in [5.74, 6) is -0.872. The fourth-order valence-corrected chi connectivity index (χ4v) is 1.31. The molecule has 2 rings (SSSR count). The minimum Gasteiger partial charge on any atom is -0.481 e. The molecule has 0 spiro atoms. The Morgan fingerprint density at radius 3 is 3.00 bits per heavy atom. The molecule has 1 N–H and O–H groups in total. The predicted molar refractivity (Wildman–Crippen MR) is 40.5 cm³/mol. The van der Waals surface area contributed by atoms with Gasteiger partial charge in [-0.25, -0.2) is 0 Å². The number of nitrogens with zero attached hydrogens (tertiary/aromatic N) is 2. The maximum atomic E-state index is 10.5. The maximum absolute atomic E-state index is 10.5. The van der Waals surface area contributed by atoms with Crippen LogP contribution in [0, 0.1) is 5.92 Å². The van der Waals surface area contributed by atoms with Gasteiger partial charge in [0.25, 0.3) is 0 Å². The van der Waals surface area contributed by atoms with E-state index in [9.17, 15) is 4.79 Å². The molecule has 0 unspecified atom stereocenters. The summed E-state index contributed by atoms with van der Waals surface area (Å²) in [6.45, 7) is 0. The first kappa shape index (κ1) is 7.21. The van der Waals surface area contributed by atoms with Crippen molar-refractivity contribution < 1.29 is 9.90 Å². The summed E-state index contributed by atoms with van der Waals surface area (Å²) in [6, 6.07) is 3.60. The van der Waals surface area contributed by atoms with Crippen LogP contribution < -0.4 is 0 Å². The Morgan fingerprint density at radius 2 is 2.50 bits per heavy atom. The highest BCUT2D eigenvalue weighted by atomic mass is 16.4. The number of hydrogen-bond donors (Lipinski definition) is 1. The molecule has 0 aliphatic heterocycles. The molecule has 4 heteroatoms. The highest BCUT2D eigenvalue weighted by molar-refractivity contribution is 5.74. The molecule has 4 nitrogen and oxygen atoms in total. The Kier molecular flexibility index (Phi) is 1.53. The van der Waals surface area contributed by atoms with E-state index in [1.54, 1.807) is 12.3 Å². The first-order valence-electron chi connectivity index (χ1n) is 3.79. The molecular weight excluding hydrogens is 156 g/mol. The van der Waals surface area contributed by atoms with Crippen LogP contribution >= 0.6 is 0 Å². The molecule has 12 heavy (non-hydrogen) atoms. The molecule has 1 heterocycles. The SMILES string of the molecule is O=C(O)[C@@H]1C[C@H]1c1cccnn1. The summed E-state index contributed by atoms with van der Waals surface area (Å²) in [4.78, 5) is 10.5. The molecule has 0 aromatic carbocycles. The molecule has 1 aromatic heterocycles. The largest absolute Gasteiger partial charge is 0.481 e. The second-order valence-electron chi connectivity index (χ2n) is 2.94. The smallest absolute Gasteiger partial charge is 0.307 e. The number of hydrogen-bond acceptors (Lipinski definition) is 3. The van der Waals surface area contributed by atoms with Crippen molar-refractivity contribution in [2.75, 3.05) is 0 Å². The van der Waals surface area contributed by atoms with Gasteiger partial charge in [-0.2, -0.15) is 10.2 Å². The number of aromatic nitrogens is 2. The molecule has 1 aliphatic carbocycles. The zero-order chi connectivity index (χ0) is 8.55. The molecule has 1 fully saturated rings. The molecule has 0 saturated heterocycles. The number of carboxylic acid groups (broad SMARTS) is 1. The van der Waals surface area contributed by atoms with Crippen LogP contribution in [0.5, 0.6) is 0 Å². The minimum absolute atomic E-state index is 0.0937. The molecule has 62 valence electrons. The van der Waals surface area contributed by atoms with E-state index in [1.165, 1.54) is 0 Å². The lowest BCUT2D eigenvalue weighted by atomic mass is 10.2. The van der Waals surface area contributed by atoms with Crippen LogP contribution in [0.4, 0.5) is 0 Å². The Bertz CT molecular complexity index is 299. The van der Waals surface area contributed by atoms with Gasteiger partial charge in [0.15, 0.2) is 0 Å². The summed E-state index contributed by atoms with van der Waals surface area (Å²) in [7, 11) is 0. The first-order chi connectivity index (χ1) is 5.79. The van der Waals surface area contributed by atoms with Gasteiger partial charge < -0.3 is 5.11 Å².